The van der Waals surface area contributed by atoms with Crippen molar-refractivity contribution in [1.29, 1.82) is 0 Å². The molecule has 0 atom stereocenters. The van der Waals surface area contributed by atoms with Crippen molar-refractivity contribution in [2.75, 3.05) is 0 Å². The number of aromatic amines is 1. The molecule has 0 unspecified atom stereocenters. The van der Waals surface area contributed by atoms with E-state index in [0.29, 0.717) is 11.1 Å². The number of aromatic nitrogens is 5. The Hall–Kier alpha value is -4.21. The minimum atomic E-state index is -4.71. The number of halogens is 3. The lowest BCUT2D eigenvalue weighted by atomic mass is 10.1. The summed E-state index contributed by atoms with van der Waals surface area (Å²) in [5.41, 5.74) is -0.537. The fourth-order valence-corrected chi connectivity index (χ4v) is 3.67. The highest BCUT2D eigenvalue weighted by Crippen LogP contribution is 2.38. The Balaban J connectivity index is 1.63. The van der Waals surface area contributed by atoms with Crippen LogP contribution < -0.4 is 5.56 Å². The highest BCUT2D eigenvalue weighted by atomic mass is 19.4. The first kappa shape index (κ1) is 20.7. The van der Waals surface area contributed by atoms with E-state index >= 15 is 0 Å². The number of benzene rings is 2. The van der Waals surface area contributed by atoms with Gasteiger partial charge in [-0.3, -0.25) is 9.89 Å². The molecule has 0 aliphatic carbocycles. The van der Waals surface area contributed by atoms with Crippen molar-refractivity contribution in [2.24, 2.45) is 0 Å². The van der Waals surface area contributed by atoms with Crippen molar-refractivity contribution in [3.63, 3.8) is 0 Å². The molecule has 0 fully saturated rings. The smallest absolute Gasteiger partial charge is 0.420 e. The Labute approximate surface area is 184 Å². The highest BCUT2D eigenvalue weighted by molar-refractivity contribution is 5.80. The summed E-state index contributed by atoms with van der Waals surface area (Å²) in [6.07, 6.45) is -4.78. The van der Waals surface area contributed by atoms with E-state index in [2.05, 4.69) is 20.3 Å². The number of rotatable bonds is 4. The average molecular weight is 451 g/mol. The topological polar surface area (TPSA) is 89.1 Å². The SMILES string of the molecule is Cc1nc2c(-c3ccccc3)c(C(F)(F)F)[nH]n2c(=O)c1Cc1nnc(-c2ccccc2)o1. The second-order valence-electron chi connectivity index (χ2n) is 7.41. The quantitative estimate of drug-likeness (QED) is 0.429. The van der Waals surface area contributed by atoms with Crippen molar-refractivity contribution < 1.29 is 17.6 Å². The number of nitrogens with zero attached hydrogens (tertiary/aromatic N) is 4. The van der Waals surface area contributed by atoms with Gasteiger partial charge in [-0.05, 0) is 24.6 Å². The molecule has 0 spiro atoms. The Bertz CT molecular complexity index is 1500. The van der Waals surface area contributed by atoms with Gasteiger partial charge in [-0.1, -0.05) is 48.5 Å². The first-order chi connectivity index (χ1) is 15.8. The molecule has 33 heavy (non-hydrogen) atoms. The van der Waals surface area contributed by atoms with Gasteiger partial charge in [0.2, 0.25) is 11.8 Å². The van der Waals surface area contributed by atoms with Crippen LogP contribution in [0.25, 0.3) is 28.2 Å². The van der Waals surface area contributed by atoms with Crippen LogP contribution in [0.5, 0.6) is 0 Å². The van der Waals surface area contributed by atoms with Gasteiger partial charge < -0.3 is 4.42 Å². The third kappa shape index (κ3) is 3.69. The number of hydrogen-bond acceptors (Lipinski definition) is 5. The van der Waals surface area contributed by atoms with Gasteiger partial charge in [-0.15, -0.1) is 10.2 Å². The maximum atomic E-state index is 13.8. The molecule has 3 heterocycles. The van der Waals surface area contributed by atoms with E-state index < -0.39 is 17.4 Å². The molecule has 1 N–H and O–H groups in total. The van der Waals surface area contributed by atoms with Crippen molar-refractivity contribution in [1.82, 2.24) is 24.8 Å². The van der Waals surface area contributed by atoms with E-state index in [-0.39, 0.29) is 40.7 Å². The van der Waals surface area contributed by atoms with Gasteiger partial charge in [0.15, 0.2) is 5.65 Å². The van der Waals surface area contributed by atoms with Gasteiger partial charge in [0, 0.05) is 16.8 Å². The van der Waals surface area contributed by atoms with Gasteiger partial charge >= 0.3 is 6.18 Å². The zero-order valence-corrected chi connectivity index (χ0v) is 17.2. The van der Waals surface area contributed by atoms with Crippen LogP contribution >= 0.6 is 0 Å². The van der Waals surface area contributed by atoms with Crippen molar-refractivity contribution in [2.45, 2.75) is 19.5 Å². The predicted octanol–water partition coefficient (Wildman–Crippen LogP) is 4.66. The molecule has 0 saturated heterocycles. The lowest BCUT2D eigenvalue weighted by Crippen LogP contribution is -2.22. The van der Waals surface area contributed by atoms with Crippen molar-refractivity contribution in [3.8, 4) is 22.6 Å². The zero-order chi connectivity index (χ0) is 23.2. The van der Waals surface area contributed by atoms with Gasteiger partial charge in [-0.2, -0.15) is 13.2 Å². The van der Waals surface area contributed by atoms with Crippen LogP contribution in [0.4, 0.5) is 13.2 Å². The zero-order valence-electron chi connectivity index (χ0n) is 17.2. The average Bonchev–Trinajstić information content (AvgIpc) is 3.43. The molecule has 7 nitrogen and oxygen atoms in total. The van der Waals surface area contributed by atoms with Crippen molar-refractivity contribution >= 4 is 5.65 Å². The van der Waals surface area contributed by atoms with Crippen molar-refractivity contribution in [3.05, 3.63) is 93.9 Å². The fraction of sp³-hybridized carbons (Fsp3) is 0.130. The summed E-state index contributed by atoms with van der Waals surface area (Å²) in [6.45, 7) is 1.57. The number of nitrogens with one attached hydrogen (secondary N) is 1. The summed E-state index contributed by atoms with van der Waals surface area (Å²) < 4.78 is 47.9. The molecular weight excluding hydrogens is 435 g/mol. The molecule has 0 aliphatic heterocycles. The maximum Gasteiger partial charge on any atom is 0.433 e. The van der Waals surface area contributed by atoms with Gasteiger partial charge in [0.05, 0.1) is 12.0 Å². The van der Waals surface area contributed by atoms with Crippen LogP contribution in [0, 0.1) is 6.92 Å². The highest BCUT2D eigenvalue weighted by Gasteiger charge is 2.38. The van der Waals surface area contributed by atoms with Gasteiger partial charge in [0.1, 0.15) is 5.69 Å². The Morgan fingerprint density at radius 2 is 1.61 bits per heavy atom. The van der Waals surface area contributed by atoms with Gasteiger partial charge in [0.25, 0.3) is 5.56 Å². The van der Waals surface area contributed by atoms with E-state index in [0.717, 1.165) is 4.52 Å². The summed E-state index contributed by atoms with van der Waals surface area (Å²) in [5, 5.41) is 10.2. The lowest BCUT2D eigenvalue weighted by Gasteiger charge is -2.07. The molecule has 0 bridgehead atoms. The van der Waals surface area contributed by atoms with Crippen LogP contribution in [-0.2, 0) is 12.6 Å². The molecule has 5 rings (SSSR count). The number of H-pyrrole nitrogens is 1. The molecule has 5 aromatic rings. The summed E-state index contributed by atoms with van der Waals surface area (Å²) in [7, 11) is 0. The molecule has 3 aromatic heterocycles. The number of alkyl halides is 3. The first-order valence-corrected chi connectivity index (χ1v) is 9.97. The van der Waals surface area contributed by atoms with Crippen LogP contribution in [0.3, 0.4) is 0 Å². The maximum absolute atomic E-state index is 13.8. The number of aryl methyl sites for hydroxylation is 1. The Kier molecular flexibility index (Phi) is 4.85. The van der Waals surface area contributed by atoms with E-state index in [1.807, 2.05) is 18.2 Å². The standard InChI is InChI=1S/C23H16F3N5O2/c1-13-16(12-17-28-29-21(33-17)15-10-6-3-7-11-15)22(32)31-20(27-13)18(14-8-4-2-5-9-14)19(30-31)23(24,25)26/h2-11,30H,12H2,1H3. The second-order valence-corrected chi connectivity index (χ2v) is 7.41. The molecule has 166 valence electrons. The fourth-order valence-electron chi connectivity index (χ4n) is 3.67. The summed E-state index contributed by atoms with van der Waals surface area (Å²) in [5.74, 6) is 0.435. The second kappa shape index (κ2) is 7.73. The molecule has 0 saturated carbocycles. The van der Waals surface area contributed by atoms with Gasteiger partial charge in [-0.25, -0.2) is 9.50 Å². The predicted molar refractivity (Wildman–Crippen MR) is 114 cm³/mol. The summed E-state index contributed by atoms with van der Waals surface area (Å²) in [6, 6.07) is 17.1. The first-order valence-electron chi connectivity index (χ1n) is 9.97. The number of fused-ring (bicyclic) bond motifs is 1. The van der Waals surface area contributed by atoms with E-state index in [1.165, 1.54) is 12.1 Å². The molecule has 0 amide bonds. The molecule has 0 radical (unpaired) electrons. The largest absolute Gasteiger partial charge is 0.433 e. The van der Waals surface area contributed by atoms with Crippen LogP contribution in [0.2, 0.25) is 0 Å². The molecule has 10 heteroatoms. The normalized spacial score (nSPS) is 11.9. The van der Waals surface area contributed by atoms with Crippen LogP contribution in [0.1, 0.15) is 22.8 Å². The lowest BCUT2D eigenvalue weighted by molar-refractivity contribution is -0.140. The Morgan fingerprint density at radius 1 is 0.970 bits per heavy atom. The monoisotopic (exact) mass is 451 g/mol. The van der Waals surface area contributed by atoms with E-state index in [4.69, 9.17) is 4.42 Å². The Morgan fingerprint density at radius 3 is 2.24 bits per heavy atom. The molecular formula is C23H16F3N5O2. The van der Waals surface area contributed by atoms with Crippen LogP contribution in [0.15, 0.2) is 69.9 Å². The summed E-state index contributed by atoms with van der Waals surface area (Å²) >= 11 is 0. The third-order valence-corrected chi connectivity index (χ3v) is 5.24. The third-order valence-electron chi connectivity index (χ3n) is 5.24. The molecule has 2 aromatic carbocycles. The van der Waals surface area contributed by atoms with E-state index in [9.17, 15) is 18.0 Å². The number of hydrogen-bond donors (Lipinski definition) is 1. The minimum Gasteiger partial charge on any atom is -0.420 e. The molecule has 0 aliphatic rings. The van der Waals surface area contributed by atoms with E-state index in [1.54, 1.807) is 37.3 Å². The minimum absolute atomic E-state index is 0.0680. The van der Waals surface area contributed by atoms with Crippen LogP contribution in [-0.4, -0.2) is 24.8 Å². The summed E-state index contributed by atoms with van der Waals surface area (Å²) in [4.78, 5) is 17.5.